The van der Waals surface area contributed by atoms with Crippen LogP contribution in [0.3, 0.4) is 0 Å². The van der Waals surface area contributed by atoms with Crippen LogP contribution in [0.5, 0.6) is 5.75 Å². The summed E-state index contributed by atoms with van der Waals surface area (Å²) in [6, 6.07) is 5.02. The van der Waals surface area contributed by atoms with Crippen molar-refractivity contribution in [1.29, 1.82) is 0 Å². The molecule has 4 aliphatic rings. The van der Waals surface area contributed by atoms with Crippen LogP contribution in [0.1, 0.15) is 41.9 Å². The van der Waals surface area contributed by atoms with Crippen molar-refractivity contribution in [2.75, 3.05) is 62.7 Å². The molecule has 2 aromatic rings. The number of rotatable bonds is 4. The number of hydrogen-bond acceptors (Lipinski definition) is 8. The second kappa shape index (κ2) is 10.3. The van der Waals surface area contributed by atoms with E-state index < -0.39 is 0 Å². The number of carbonyl (C=O) groups excluding carboxylic acids is 1. The molecule has 9 nitrogen and oxygen atoms in total. The third-order valence-corrected chi connectivity index (χ3v) is 8.31. The predicted molar refractivity (Wildman–Crippen MR) is 143 cm³/mol. The molecule has 3 fully saturated rings. The van der Waals surface area contributed by atoms with Crippen molar-refractivity contribution in [2.24, 2.45) is 0 Å². The molecule has 1 atom stereocenters. The first kappa shape index (κ1) is 24.2. The number of anilines is 3. The van der Waals surface area contributed by atoms with Crippen LogP contribution < -0.4 is 15.0 Å². The van der Waals surface area contributed by atoms with Gasteiger partial charge in [-0.2, -0.15) is 0 Å². The molecular formula is C28H36N6O3. The van der Waals surface area contributed by atoms with E-state index in [-0.39, 0.29) is 5.91 Å². The van der Waals surface area contributed by atoms with E-state index in [1.807, 2.05) is 4.90 Å². The molecule has 0 saturated carbocycles. The van der Waals surface area contributed by atoms with Gasteiger partial charge in [0.25, 0.3) is 0 Å². The van der Waals surface area contributed by atoms with Crippen molar-refractivity contribution >= 4 is 23.2 Å². The topological polar surface area (TPSA) is 83.1 Å². The van der Waals surface area contributed by atoms with Crippen LogP contribution in [0.15, 0.2) is 31.1 Å². The van der Waals surface area contributed by atoms with Gasteiger partial charge in [-0.25, -0.2) is 9.97 Å². The minimum atomic E-state index is 0.0523. The van der Waals surface area contributed by atoms with Gasteiger partial charge in [-0.15, -0.1) is 0 Å². The maximum absolute atomic E-state index is 12.0. The van der Waals surface area contributed by atoms with Crippen LogP contribution in [-0.4, -0.2) is 84.2 Å². The second-order valence-electron chi connectivity index (χ2n) is 10.5. The van der Waals surface area contributed by atoms with Gasteiger partial charge in [-0.05, 0) is 68.5 Å². The highest BCUT2D eigenvalue weighted by Crippen LogP contribution is 2.41. The van der Waals surface area contributed by atoms with Crippen molar-refractivity contribution in [3.05, 3.63) is 47.8 Å². The molecule has 1 aromatic heterocycles. The summed E-state index contributed by atoms with van der Waals surface area (Å²) in [6.45, 7) is 13.0. The average molecular weight is 505 g/mol. The minimum absolute atomic E-state index is 0.0523. The fourth-order valence-corrected chi connectivity index (χ4v) is 6.25. The van der Waals surface area contributed by atoms with Crippen LogP contribution >= 0.6 is 0 Å². The first-order chi connectivity index (χ1) is 18.1. The zero-order chi connectivity index (χ0) is 25.4. The summed E-state index contributed by atoms with van der Waals surface area (Å²) in [7, 11) is 0. The Labute approximate surface area is 218 Å². The van der Waals surface area contributed by atoms with Gasteiger partial charge in [-0.3, -0.25) is 9.69 Å². The number of morpholine rings is 1. The van der Waals surface area contributed by atoms with Crippen LogP contribution in [0.4, 0.5) is 17.3 Å². The summed E-state index contributed by atoms with van der Waals surface area (Å²) in [5.74, 6) is 3.20. The van der Waals surface area contributed by atoms with Crippen molar-refractivity contribution in [1.82, 2.24) is 19.8 Å². The fraction of sp³-hybridized carbons (Fsp3) is 0.536. The summed E-state index contributed by atoms with van der Waals surface area (Å²) in [5.41, 5.74) is 4.48. The van der Waals surface area contributed by atoms with Crippen LogP contribution in [0, 0.1) is 6.92 Å². The van der Waals surface area contributed by atoms with Gasteiger partial charge in [0, 0.05) is 32.2 Å². The Morgan fingerprint density at radius 2 is 1.92 bits per heavy atom. The van der Waals surface area contributed by atoms with E-state index in [9.17, 15) is 4.79 Å². The van der Waals surface area contributed by atoms with Crippen molar-refractivity contribution in [2.45, 2.75) is 44.8 Å². The highest BCUT2D eigenvalue weighted by atomic mass is 16.5. The van der Waals surface area contributed by atoms with Crippen molar-refractivity contribution in [3.63, 3.8) is 0 Å². The maximum Gasteiger partial charge on any atom is 0.246 e. The Morgan fingerprint density at radius 3 is 2.70 bits per heavy atom. The first-order valence-corrected chi connectivity index (χ1v) is 13.5. The van der Waals surface area contributed by atoms with E-state index >= 15 is 0 Å². The highest BCUT2D eigenvalue weighted by molar-refractivity contribution is 5.87. The van der Waals surface area contributed by atoms with E-state index in [4.69, 9.17) is 9.47 Å². The number of nitrogens with one attached hydrogen (secondary N) is 1. The number of likely N-dealkylation sites (tertiary alicyclic amines) is 2. The third-order valence-electron chi connectivity index (χ3n) is 8.31. The number of hydrogen-bond donors (Lipinski definition) is 1. The first-order valence-electron chi connectivity index (χ1n) is 13.5. The molecule has 0 aliphatic carbocycles. The molecule has 6 rings (SSSR count). The van der Waals surface area contributed by atoms with Crippen molar-refractivity contribution < 1.29 is 14.3 Å². The summed E-state index contributed by atoms with van der Waals surface area (Å²) >= 11 is 0. The number of nitrogens with zero attached hydrogens (tertiary/aromatic N) is 5. The van der Waals surface area contributed by atoms with Crippen LogP contribution in [0.2, 0.25) is 0 Å². The van der Waals surface area contributed by atoms with Gasteiger partial charge < -0.3 is 24.6 Å². The second-order valence-corrected chi connectivity index (χ2v) is 10.5. The smallest absolute Gasteiger partial charge is 0.246 e. The molecule has 1 N–H and O–H groups in total. The molecule has 0 radical (unpaired) electrons. The average Bonchev–Trinajstić information content (AvgIpc) is 3.35. The Balaban J connectivity index is 1.16. The van der Waals surface area contributed by atoms with E-state index in [2.05, 4.69) is 50.7 Å². The van der Waals surface area contributed by atoms with Gasteiger partial charge in [0.2, 0.25) is 5.91 Å². The molecule has 1 aromatic carbocycles. The standard InChI is InChI=1S/C28H36N6O3/c1-3-25(35)34-9-6-22(16-34)32-7-4-20(5-8-32)21-14-19(2)26-24(15-21)31-27-23(17-37-26)28(30-18-29-27)33-10-12-36-13-11-33/h3,14-15,18,20,22H,1,4-13,16-17H2,2H3,(H,29,30,31)/t22-/m1/s1. The Bertz CT molecular complexity index is 1170. The molecule has 0 unspecified atom stereocenters. The molecule has 196 valence electrons. The Morgan fingerprint density at radius 1 is 1.11 bits per heavy atom. The highest BCUT2D eigenvalue weighted by Gasteiger charge is 2.33. The molecule has 9 heteroatoms. The molecule has 1 amide bonds. The molecule has 0 spiro atoms. The van der Waals surface area contributed by atoms with Crippen LogP contribution in [-0.2, 0) is 16.1 Å². The number of carbonyl (C=O) groups is 1. The molecule has 5 heterocycles. The van der Waals surface area contributed by atoms with Crippen molar-refractivity contribution in [3.8, 4) is 5.75 Å². The lowest BCUT2D eigenvalue weighted by molar-refractivity contribution is -0.125. The monoisotopic (exact) mass is 504 g/mol. The number of amides is 1. The normalized spacial score (nSPS) is 22.5. The zero-order valence-electron chi connectivity index (χ0n) is 21.6. The summed E-state index contributed by atoms with van der Waals surface area (Å²) in [4.78, 5) is 27.9. The zero-order valence-corrected chi connectivity index (χ0v) is 21.6. The van der Waals surface area contributed by atoms with E-state index in [0.717, 1.165) is 92.7 Å². The largest absolute Gasteiger partial charge is 0.486 e. The SMILES string of the molecule is C=CC(=O)N1CC[C@@H](N2CCC(c3cc(C)c4c(c3)Nc3ncnc(N5CCOCC5)c3CO4)CC2)C1. The van der Waals surface area contributed by atoms with E-state index in [0.29, 0.717) is 31.8 Å². The Hall–Kier alpha value is -3.17. The number of benzene rings is 1. The number of piperidine rings is 1. The van der Waals surface area contributed by atoms with Gasteiger partial charge in [0.15, 0.2) is 0 Å². The summed E-state index contributed by atoms with van der Waals surface area (Å²) < 4.78 is 11.9. The summed E-state index contributed by atoms with van der Waals surface area (Å²) in [6.07, 6.45) is 6.36. The lowest BCUT2D eigenvalue weighted by Gasteiger charge is -2.36. The lowest BCUT2D eigenvalue weighted by atomic mass is 9.87. The number of aryl methyl sites for hydroxylation is 1. The molecule has 4 aliphatic heterocycles. The van der Waals surface area contributed by atoms with Gasteiger partial charge in [0.1, 0.15) is 30.3 Å². The Kier molecular flexibility index (Phi) is 6.73. The number of ether oxygens (including phenoxy) is 2. The van der Waals surface area contributed by atoms with Gasteiger partial charge >= 0.3 is 0 Å². The number of aromatic nitrogens is 2. The summed E-state index contributed by atoms with van der Waals surface area (Å²) in [5, 5.41) is 3.59. The molecule has 3 saturated heterocycles. The van der Waals surface area contributed by atoms with Crippen LogP contribution in [0.25, 0.3) is 0 Å². The number of fused-ring (bicyclic) bond motifs is 2. The van der Waals surface area contributed by atoms with E-state index in [1.165, 1.54) is 11.6 Å². The third kappa shape index (κ3) is 4.78. The van der Waals surface area contributed by atoms with Gasteiger partial charge in [-0.1, -0.05) is 12.6 Å². The lowest BCUT2D eigenvalue weighted by Crippen LogP contribution is -2.43. The fourth-order valence-electron chi connectivity index (χ4n) is 6.25. The quantitative estimate of drug-likeness (QED) is 0.636. The predicted octanol–water partition coefficient (Wildman–Crippen LogP) is 3.22. The minimum Gasteiger partial charge on any atom is -0.486 e. The molecular weight excluding hydrogens is 468 g/mol. The van der Waals surface area contributed by atoms with E-state index in [1.54, 1.807) is 6.33 Å². The molecule has 37 heavy (non-hydrogen) atoms. The van der Waals surface area contributed by atoms with Gasteiger partial charge in [0.05, 0.1) is 24.5 Å². The maximum atomic E-state index is 12.0. The molecule has 0 bridgehead atoms.